The molecule has 0 bridgehead atoms. The van der Waals surface area contributed by atoms with Crippen LogP contribution in [0.2, 0.25) is 0 Å². The Morgan fingerprint density at radius 1 is 1.08 bits per heavy atom. The van der Waals surface area contributed by atoms with E-state index in [1.807, 2.05) is 40.1 Å². The maximum Gasteiger partial charge on any atom is 0.257 e. The molecule has 0 unspecified atom stereocenters. The van der Waals surface area contributed by atoms with E-state index in [9.17, 15) is 9.59 Å². The number of aromatic nitrogens is 2. The van der Waals surface area contributed by atoms with E-state index in [4.69, 9.17) is 5.73 Å². The molecule has 0 saturated carbocycles. The molecule has 2 N–H and O–H groups in total. The fourth-order valence-corrected chi connectivity index (χ4v) is 3.07. The smallest absolute Gasteiger partial charge is 0.257 e. The topological polar surface area (TPSA) is 84.5 Å². The quantitative estimate of drug-likeness (QED) is 0.861. The molecule has 1 fully saturated rings. The molecule has 7 nitrogen and oxygen atoms in total. The zero-order valence-electron chi connectivity index (χ0n) is 14.2. The summed E-state index contributed by atoms with van der Waals surface area (Å²) in [7, 11) is 0. The monoisotopic (exact) mass is 341 g/mol. The summed E-state index contributed by atoms with van der Waals surface area (Å²) in [6.07, 6.45) is 4.25. The molecule has 2 heterocycles. The van der Waals surface area contributed by atoms with Crippen LogP contribution in [-0.4, -0.2) is 64.1 Å². The van der Waals surface area contributed by atoms with Crippen LogP contribution < -0.4 is 5.73 Å². The summed E-state index contributed by atoms with van der Waals surface area (Å²) in [5.41, 5.74) is 6.99. The van der Waals surface area contributed by atoms with E-state index in [1.54, 1.807) is 17.1 Å². The number of carbonyl (C=O) groups excluding carboxylic acids is 2. The highest BCUT2D eigenvalue weighted by atomic mass is 16.2. The van der Waals surface area contributed by atoms with Gasteiger partial charge >= 0.3 is 0 Å². The molecule has 0 atom stereocenters. The van der Waals surface area contributed by atoms with Gasteiger partial charge in [0, 0.05) is 32.4 Å². The lowest BCUT2D eigenvalue weighted by Crippen LogP contribution is -2.38. The summed E-state index contributed by atoms with van der Waals surface area (Å²) < 4.78 is 1.78. The minimum atomic E-state index is -0.332. The molecular formula is C18H23N5O2. The van der Waals surface area contributed by atoms with Gasteiger partial charge in [-0.2, -0.15) is 5.10 Å². The highest BCUT2D eigenvalue weighted by Gasteiger charge is 2.22. The minimum absolute atomic E-state index is 0.0137. The molecular weight excluding hydrogens is 318 g/mol. The summed E-state index contributed by atoms with van der Waals surface area (Å²) >= 11 is 0. The first-order chi connectivity index (χ1) is 12.1. The van der Waals surface area contributed by atoms with Gasteiger partial charge in [0.1, 0.15) is 0 Å². The molecule has 2 amide bonds. The van der Waals surface area contributed by atoms with E-state index >= 15 is 0 Å². The highest BCUT2D eigenvalue weighted by molar-refractivity contribution is 5.93. The Bertz CT molecular complexity index is 728. The first-order valence-electron chi connectivity index (χ1n) is 8.48. The molecule has 0 aliphatic carbocycles. The van der Waals surface area contributed by atoms with Crippen molar-refractivity contribution < 1.29 is 9.59 Å². The van der Waals surface area contributed by atoms with Crippen LogP contribution in [0.1, 0.15) is 22.3 Å². The van der Waals surface area contributed by atoms with Crippen molar-refractivity contribution >= 4 is 11.8 Å². The highest BCUT2D eigenvalue weighted by Crippen LogP contribution is 2.10. The molecule has 1 aromatic heterocycles. The number of hydrogen-bond acceptors (Lipinski definition) is 4. The number of carbonyl (C=O) groups is 2. The molecule has 1 aliphatic rings. The second-order valence-electron chi connectivity index (χ2n) is 6.30. The van der Waals surface area contributed by atoms with Gasteiger partial charge in [-0.05, 0) is 12.0 Å². The van der Waals surface area contributed by atoms with Gasteiger partial charge in [-0.1, -0.05) is 30.3 Å². The van der Waals surface area contributed by atoms with E-state index in [2.05, 4.69) is 5.10 Å². The van der Waals surface area contributed by atoms with Gasteiger partial charge in [0.05, 0.1) is 24.8 Å². The number of hydrogen-bond donors (Lipinski definition) is 1. The van der Waals surface area contributed by atoms with Gasteiger partial charge in [0.15, 0.2) is 0 Å². The SMILES string of the molecule is NC(=O)CN1CCCN(C(=O)c2cnn(Cc3ccccc3)c2)CC1. The zero-order valence-corrected chi connectivity index (χ0v) is 14.2. The molecule has 2 aromatic rings. The number of amides is 2. The Labute approximate surface area is 147 Å². The lowest BCUT2D eigenvalue weighted by Gasteiger charge is -2.20. The van der Waals surface area contributed by atoms with Crippen molar-refractivity contribution in [3.8, 4) is 0 Å². The lowest BCUT2D eigenvalue weighted by atomic mass is 10.2. The van der Waals surface area contributed by atoms with Crippen molar-refractivity contribution in [2.45, 2.75) is 13.0 Å². The van der Waals surface area contributed by atoms with Crippen LogP contribution in [0.5, 0.6) is 0 Å². The average Bonchev–Trinajstić information content (AvgIpc) is 2.93. The zero-order chi connectivity index (χ0) is 17.6. The van der Waals surface area contributed by atoms with Gasteiger partial charge in [0.2, 0.25) is 5.91 Å². The Hall–Kier alpha value is -2.67. The third-order valence-corrected chi connectivity index (χ3v) is 4.32. The van der Waals surface area contributed by atoms with Crippen LogP contribution in [-0.2, 0) is 11.3 Å². The fourth-order valence-electron chi connectivity index (χ4n) is 3.07. The minimum Gasteiger partial charge on any atom is -0.369 e. The standard InChI is InChI=1S/C18H23N5O2/c19-17(24)14-21-7-4-8-22(10-9-21)18(25)16-11-20-23(13-16)12-15-5-2-1-3-6-15/h1-3,5-6,11,13H,4,7-10,12,14H2,(H2,19,24). The Morgan fingerprint density at radius 2 is 1.88 bits per heavy atom. The number of nitrogens with zero attached hydrogens (tertiary/aromatic N) is 4. The van der Waals surface area contributed by atoms with Crippen molar-refractivity contribution in [2.75, 3.05) is 32.7 Å². The fraction of sp³-hybridized carbons (Fsp3) is 0.389. The molecule has 1 saturated heterocycles. The Morgan fingerprint density at radius 3 is 2.64 bits per heavy atom. The average molecular weight is 341 g/mol. The normalized spacial score (nSPS) is 15.8. The summed E-state index contributed by atoms with van der Waals surface area (Å²) in [6, 6.07) is 10.0. The third kappa shape index (κ3) is 4.67. The second-order valence-corrected chi connectivity index (χ2v) is 6.30. The number of rotatable bonds is 5. The molecule has 7 heteroatoms. The van der Waals surface area contributed by atoms with Gasteiger partial charge in [-0.3, -0.25) is 19.2 Å². The summed E-state index contributed by atoms with van der Waals surface area (Å²) in [4.78, 5) is 27.6. The predicted octanol–water partition coefficient (Wildman–Crippen LogP) is 0.565. The molecule has 1 aromatic carbocycles. The summed E-state index contributed by atoms with van der Waals surface area (Å²) in [5, 5.41) is 4.30. The van der Waals surface area contributed by atoms with Crippen LogP contribution in [0.15, 0.2) is 42.7 Å². The van der Waals surface area contributed by atoms with Gasteiger partial charge in [-0.25, -0.2) is 0 Å². The van der Waals surface area contributed by atoms with Crippen molar-refractivity contribution in [1.29, 1.82) is 0 Å². The number of nitrogens with two attached hydrogens (primary N) is 1. The van der Waals surface area contributed by atoms with Crippen LogP contribution in [0.3, 0.4) is 0 Å². The predicted molar refractivity (Wildman–Crippen MR) is 93.9 cm³/mol. The van der Waals surface area contributed by atoms with E-state index in [0.717, 1.165) is 18.5 Å². The van der Waals surface area contributed by atoms with E-state index in [1.165, 1.54) is 0 Å². The Balaban J connectivity index is 1.60. The first-order valence-corrected chi connectivity index (χ1v) is 8.48. The molecule has 0 spiro atoms. The van der Waals surface area contributed by atoms with E-state index in [0.29, 0.717) is 31.7 Å². The lowest BCUT2D eigenvalue weighted by molar-refractivity contribution is -0.119. The summed E-state index contributed by atoms with van der Waals surface area (Å²) in [5.74, 6) is -0.345. The molecule has 25 heavy (non-hydrogen) atoms. The van der Waals surface area contributed by atoms with Crippen LogP contribution in [0, 0.1) is 0 Å². The molecule has 0 radical (unpaired) electrons. The summed E-state index contributed by atoms with van der Waals surface area (Å²) in [6.45, 7) is 3.60. The van der Waals surface area contributed by atoms with Crippen molar-refractivity contribution in [3.05, 3.63) is 53.9 Å². The van der Waals surface area contributed by atoms with Gasteiger partial charge < -0.3 is 10.6 Å². The maximum atomic E-state index is 12.7. The maximum absolute atomic E-state index is 12.7. The largest absolute Gasteiger partial charge is 0.369 e. The Kier molecular flexibility index (Phi) is 5.45. The molecule has 1 aliphatic heterocycles. The second kappa shape index (κ2) is 7.94. The number of benzene rings is 1. The van der Waals surface area contributed by atoms with Crippen molar-refractivity contribution in [1.82, 2.24) is 19.6 Å². The van der Waals surface area contributed by atoms with Gasteiger partial charge in [-0.15, -0.1) is 0 Å². The molecule has 3 rings (SSSR count). The van der Waals surface area contributed by atoms with E-state index < -0.39 is 0 Å². The third-order valence-electron chi connectivity index (χ3n) is 4.32. The van der Waals surface area contributed by atoms with Crippen LogP contribution in [0.4, 0.5) is 0 Å². The number of primary amides is 1. The first kappa shape index (κ1) is 17.2. The molecule has 132 valence electrons. The van der Waals surface area contributed by atoms with Crippen molar-refractivity contribution in [2.24, 2.45) is 5.73 Å². The van der Waals surface area contributed by atoms with Crippen molar-refractivity contribution in [3.63, 3.8) is 0 Å². The van der Waals surface area contributed by atoms with Crippen LogP contribution in [0.25, 0.3) is 0 Å². The van der Waals surface area contributed by atoms with E-state index in [-0.39, 0.29) is 18.4 Å². The van der Waals surface area contributed by atoms with Gasteiger partial charge in [0.25, 0.3) is 5.91 Å². The van der Waals surface area contributed by atoms with Crippen LogP contribution >= 0.6 is 0 Å².